The third-order valence-electron chi connectivity index (χ3n) is 6.85. The van der Waals surface area contributed by atoms with Gasteiger partial charge in [0, 0.05) is 25.0 Å². The van der Waals surface area contributed by atoms with Gasteiger partial charge in [-0.2, -0.15) is 0 Å². The van der Waals surface area contributed by atoms with Gasteiger partial charge in [-0.15, -0.1) is 0 Å². The van der Waals surface area contributed by atoms with Gasteiger partial charge >= 0.3 is 5.97 Å². The summed E-state index contributed by atoms with van der Waals surface area (Å²) in [5, 5.41) is 0. The molecule has 0 aliphatic carbocycles. The van der Waals surface area contributed by atoms with Crippen molar-refractivity contribution in [1.29, 1.82) is 0 Å². The Morgan fingerprint density at radius 2 is 2.25 bits per heavy atom. The lowest BCUT2D eigenvalue weighted by molar-refractivity contribution is -0.137. The highest BCUT2D eigenvalue weighted by molar-refractivity contribution is 6.00. The molecule has 5 rings (SSSR count). The van der Waals surface area contributed by atoms with Gasteiger partial charge in [0.15, 0.2) is 0 Å². The van der Waals surface area contributed by atoms with Crippen molar-refractivity contribution in [3.63, 3.8) is 0 Å². The summed E-state index contributed by atoms with van der Waals surface area (Å²) in [5.74, 6) is 1.09. The zero-order valence-corrected chi connectivity index (χ0v) is 16.4. The summed E-state index contributed by atoms with van der Waals surface area (Å²) in [6.07, 6.45) is 5.50. The molecule has 6 nitrogen and oxygen atoms in total. The number of hydrogen-bond acceptors (Lipinski definition) is 6. The van der Waals surface area contributed by atoms with E-state index in [1.807, 2.05) is 19.1 Å². The topological polar surface area (TPSA) is 60.4 Å². The minimum atomic E-state index is -0.336. The van der Waals surface area contributed by atoms with Crippen molar-refractivity contribution >= 4 is 17.6 Å². The number of para-hydroxylation sites is 1. The highest BCUT2D eigenvalue weighted by Crippen LogP contribution is 2.56. The number of aliphatic imine (C=N–C) groups is 1. The Bertz CT molecular complexity index is 948. The van der Waals surface area contributed by atoms with Crippen LogP contribution < -0.4 is 4.74 Å². The lowest BCUT2D eigenvalue weighted by atomic mass is 9.68. The van der Waals surface area contributed by atoms with Crippen LogP contribution >= 0.6 is 0 Å². The van der Waals surface area contributed by atoms with E-state index in [9.17, 15) is 4.79 Å². The average molecular weight is 380 g/mol. The molecule has 6 heteroatoms. The van der Waals surface area contributed by atoms with E-state index in [0.29, 0.717) is 11.5 Å². The number of methoxy groups -OCH3 is 2. The minimum absolute atomic E-state index is 0.00452. The van der Waals surface area contributed by atoms with Crippen molar-refractivity contribution in [1.82, 2.24) is 4.90 Å². The van der Waals surface area contributed by atoms with Gasteiger partial charge < -0.3 is 14.2 Å². The molecule has 0 amide bonds. The third kappa shape index (κ3) is 2.12. The fourth-order valence-electron chi connectivity index (χ4n) is 5.52. The molecule has 3 atom stereocenters. The Morgan fingerprint density at radius 1 is 1.39 bits per heavy atom. The first-order chi connectivity index (χ1) is 13.6. The fourth-order valence-corrected chi connectivity index (χ4v) is 5.52. The van der Waals surface area contributed by atoms with Crippen molar-refractivity contribution in [3.8, 4) is 5.75 Å². The lowest BCUT2D eigenvalue weighted by Crippen LogP contribution is -2.52. The fraction of sp³-hybridized carbons (Fsp3) is 0.455. The molecule has 1 spiro atoms. The molecular weight excluding hydrogens is 356 g/mol. The Balaban J connectivity index is 1.71. The maximum Gasteiger partial charge on any atom is 0.337 e. The standard InChI is InChI=1S/C22H24N2O4/c1-4-13-11-24-9-8-22-16-6-5-7-17(26-2)19(16)23-21(22)28-12-15(20(25)27-3)14(13)10-18(22)24/h4-7,12,14,18H,8-11H2,1-3H3/b13-4-,15-12+/t14-,18?,22+/m0/s1. The molecule has 4 aliphatic heterocycles. The maximum atomic E-state index is 12.5. The van der Waals surface area contributed by atoms with E-state index in [0.717, 1.165) is 37.4 Å². The number of allylic oxidation sites excluding steroid dienone is 1. The monoisotopic (exact) mass is 380 g/mol. The Hall–Kier alpha value is -2.60. The maximum absolute atomic E-state index is 12.5. The van der Waals surface area contributed by atoms with Crippen LogP contribution in [-0.4, -0.2) is 50.1 Å². The number of ether oxygens (including phenoxy) is 3. The van der Waals surface area contributed by atoms with E-state index >= 15 is 0 Å². The molecule has 0 aromatic heterocycles. The van der Waals surface area contributed by atoms with Crippen molar-refractivity contribution in [2.45, 2.75) is 31.2 Å². The van der Waals surface area contributed by atoms with Crippen LogP contribution in [0.25, 0.3) is 0 Å². The van der Waals surface area contributed by atoms with Gasteiger partial charge in [0.25, 0.3) is 0 Å². The van der Waals surface area contributed by atoms with Gasteiger partial charge in [0.1, 0.15) is 17.7 Å². The van der Waals surface area contributed by atoms with E-state index in [2.05, 4.69) is 17.0 Å². The quantitative estimate of drug-likeness (QED) is 0.583. The summed E-state index contributed by atoms with van der Waals surface area (Å²) in [5.41, 5.74) is 3.55. The first kappa shape index (κ1) is 17.5. The number of nitrogens with zero attached hydrogens (tertiary/aromatic N) is 2. The van der Waals surface area contributed by atoms with E-state index in [-0.39, 0.29) is 23.3 Å². The number of benzene rings is 1. The molecule has 4 aliphatic rings. The molecule has 2 bridgehead atoms. The Morgan fingerprint density at radius 3 is 3.00 bits per heavy atom. The summed E-state index contributed by atoms with van der Waals surface area (Å²) in [6, 6.07) is 6.33. The highest BCUT2D eigenvalue weighted by Gasteiger charge is 2.60. The van der Waals surface area contributed by atoms with Gasteiger partial charge in [-0.3, -0.25) is 4.90 Å². The molecule has 28 heavy (non-hydrogen) atoms. The summed E-state index contributed by atoms with van der Waals surface area (Å²) in [6.45, 7) is 3.87. The number of fused-ring (bicyclic) bond motifs is 2. The summed E-state index contributed by atoms with van der Waals surface area (Å²) < 4.78 is 16.8. The molecule has 1 aromatic rings. The summed E-state index contributed by atoms with van der Waals surface area (Å²) in [7, 11) is 3.08. The molecule has 2 fully saturated rings. The number of hydrogen-bond donors (Lipinski definition) is 0. The van der Waals surface area contributed by atoms with Crippen molar-refractivity contribution in [2.24, 2.45) is 10.9 Å². The molecule has 2 saturated heterocycles. The first-order valence-corrected chi connectivity index (χ1v) is 9.74. The van der Waals surface area contributed by atoms with Gasteiger partial charge in [-0.25, -0.2) is 9.79 Å². The predicted molar refractivity (Wildman–Crippen MR) is 105 cm³/mol. The number of piperidine rings is 1. The van der Waals surface area contributed by atoms with E-state index in [1.165, 1.54) is 18.2 Å². The van der Waals surface area contributed by atoms with Gasteiger partial charge in [-0.1, -0.05) is 23.8 Å². The Labute approximate surface area is 164 Å². The summed E-state index contributed by atoms with van der Waals surface area (Å²) in [4.78, 5) is 19.9. The van der Waals surface area contributed by atoms with Crippen LogP contribution in [0.15, 0.2) is 46.7 Å². The molecule has 0 radical (unpaired) electrons. The largest absolute Gasteiger partial charge is 0.494 e. The minimum Gasteiger partial charge on any atom is -0.494 e. The second-order valence-corrected chi connectivity index (χ2v) is 7.82. The third-order valence-corrected chi connectivity index (χ3v) is 6.85. The van der Waals surface area contributed by atoms with Crippen molar-refractivity contribution in [3.05, 3.63) is 47.2 Å². The van der Waals surface area contributed by atoms with E-state index in [1.54, 1.807) is 13.4 Å². The normalized spacial score (nSPS) is 33.6. The van der Waals surface area contributed by atoms with Crippen molar-refractivity contribution in [2.75, 3.05) is 27.3 Å². The van der Waals surface area contributed by atoms with Crippen LogP contribution in [0.2, 0.25) is 0 Å². The lowest BCUT2D eigenvalue weighted by Gasteiger charge is -2.44. The van der Waals surface area contributed by atoms with Crippen LogP contribution in [0.5, 0.6) is 5.75 Å². The smallest absolute Gasteiger partial charge is 0.337 e. The van der Waals surface area contributed by atoms with Crippen LogP contribution in [0.1, 0.15) is 25.3 Å². The van der Waals surface area contributed by atoms with Crippen LogP contribution in [0.4, 0.5) is 5.69 Å². The molecule has 0 N–H and O–H groups in total. The number of carbonyl (C=O) groups is 1. The van der Waals surface area contributed by atoms with Gasteiger partial charge in [-0.05, 0) is 31.4 Å². The molecule has 0 saturated carbocycles. The van der Waals surface area contributed by atoms with Crippen LogP contribution in [0, 0.1) is 5.92 Å². The molecule has 1 unspecified atom stereocenters. The average Bonchev–Trinajstić information content (AvgIpc) is 3.24. The zero-order valence-electron chi connectivity index (χ0n) is 16.4. The molecule has 1 aromatic carbocycles. The second-order valence-electron chi connectivity index (χ2n) is 7.82. The summed E-state index contributed by atoms with van der Waals surface area (Å²) >= 11 is 0. The molecule has 146 valence electrons. The van der Waals surface area contributed by atoms with E-state index in [4.69, 9.17) is 19.2 Å². The van der Waals surface area contributed by atoms with Crippen LogP contribution in [0.3, 0.4) is 0 Å². The number of carbonyl (C=O) groups excluding carboxylic acids is 1. The SMILES string of the molecule is C/C=C1/CN2CC[C@@]34C(=Nc5c(OC)cccc53)O/C=C(/C(=O)OC)[C@H]1CC24. The number of esters is 1. The number of rotatable bonds is 2. The van der Waals surface area contributed by atoms with Gasteiger partial charge in [0.05, 0.1) is 25.2 Å². The highest BCUT2D eigenvalue weighted by atomic mass is 16.5. The van der Waals surface area contributed by atoms with Crippen molar-refractivity contribution < 1.29 is 19.0 Å². The predicted octanol–water partition coefficient (Wildman–Crippen LogP) is 3.10. The van der Waals surface area contributed by atoms with Crippen LogP contribution in [-0.2, 0) is 19.7 Å². The Kier molecular flexibility index (Phi) is 3.88. The first-order valence-electron chi connectivity index (χ1n) is 9.74. The molecule has 4 heterocycles. The zero-order chi connectivity index (χ0) is 19.5. The van der Waals surface area contributed by atoms with E-state index < -0.39 is 0 Å². The molecular formula is C22H24N2O4. The second kappa shape index (κ2) is 6.21. The van der Waals surface area contributed by atoms with Gasteiger partial charge in [0.2, 0.25) is 5.90 Å².